The maximum atomic E-state index is 5.96. The molecular formula is C11H21N3. The van der Waals surface area contributed by atoms with Gasteiger partial charge in [0.15, 0.2) is 5.96 Å². The lowest BCUT2D eigenvalue weighted by molar-refractivity contribution is 0.179. The zero-order chi connectivity index (χ0) is 10.2. The summed E-state index contributed by atoms with van der Waals surface area (Å²) in [6.07, 6.45) is 5.07. The number of nitrogens with two attached hydrogens (primary N) is 1. The van der Waals surface area contributed by atoms with Crippen molar-refractivity contribution in [3.63, 3.8) is 0 Å². The minimum Gasteiger partial charge on any atom is -0.370 e. The maximum Gasteiger partial charge on any atom is 0.191 e. The van der Waals surface area contributed by atoms with Crippen LogP contribution in [0.4, 0.5) is 0 Å². The van der Waals surface area contributed by atoms with Crippen molar-refractivity contribution in [3.05, 3.63) is 0 Å². The van der Waals surface area contributed by atoms with Gasteiger partial charge in [-0.1, -0.05) is 13.8 Å². The van der Waals surface area contributed by atoms with Gasteiger partial charge in [-0.15, -0.1) is 0 Å². The number of guanidine groups is 1. The second kappa shape index (κ2) is 3.44. The molecule has 1 heterocycles. The van der Waals surface area contributed by atoms with Crippen molar-refractivity contribution in [2.75, 3.05) is 13.1 Å². The van der Waals surface area contributed by atoms with E-state index in [4.69, 9.17) is 5.73 Å². The van der Waals surface area contributed by atoms with Crippen LogP contribution < -0.4 is 5.73 Å². The third-order valence-corrected chi connectivity index (χ3v) is 3.84. The first kappa shape index (κ1) is 9.81. The number of hydrogen-bond donors (Lipinski definition) is 1. The minimum atomic E-state index is 0.243. The Morgan fingerprint density at radius 1 is 1.43 bits per heavy atom. The van der Waals surface area contributed by atoms with E-state index >= 15 is 0 Å². The highest BCUT2D eigenvalue weighted by Crippen LogP contribution is 2.36. The number of rotatable bonds is 4. The minimum absolute atomic E-state index is 0.243. The van der Waals surface area contributed by atoms with Crippen LogP contribution in [-0.4, -0.2) is 29.5 Å². The molecule has 1 fully saturated rings. The molecule has 2 N–H and O–H groups in total. The smallest absolute Gasteiger partial charge is 0.191 e. The van der Waals surface area contributed by atoms with Gasteiger partial charge in [-0.05, 0) is 31.6 Å². The lowest BCUT2D eigenvalue weighted by atomic mass is 9.91. The highest BCUT2D eigenvalue weighted by atomic mass is 15.4. The monoisotopic (exact) mass is 195 g/mol. The van der Waals surface area contributed by atoms with E-state index in [1.54, 1.807) is 0 Å². The lowest BCUT2D eigenvalue weighted by Crippen LogP contribution is -2.51. The molecule has 1 saturated carbocycles. The van der Waals surface area contributed by atoms with Gasteiger partial charge in [0.2, 0.25) is 0 Å². The first-order valence-corrected chi connectivity index (χ1v) is 5.79. The van der Waals surface area contributed by atoms with Crippen molar-refractivity contribution in [1.82, 2.24) is 4.90 Å². The zero-order valence-electron chi connectivity index (χ0n) is 9.29. The standard InChI is InChI=1S/C11H21N3/c1-3-11(4-2)8-13-10(12)14(11)7-9-5-6-9/h9H,3-8H2,1-2H3,(H2,12,13). The Balaban J connectivity index is 2.09. The molecule has 0 atom stereocenters. The van der Waals surface area contributed by atoms with Gasteiger partial charge in [0.1, 0.15) is 0 Å². The molecule has 2 aliphatic rings. The van der Waals surface area contributed by atoms with Gasteiger partial charge in [-0.3, -0.25) is 4.99 Å². The summed E-state index contributed by atoms with van der Waals surface area (Å²) < 4.78 is 0. The van der Waals surface area contributed by atoms with Gasteiger partial charge in [-0.2, -0.15) is 0 Å². The van der Waals surface area contributed by atoms with Crippen molar-refractivity contribution < 1.29 is 0 Å². The molecule has 0 spiro atoms. The van der Waals surface area contributed by atoms with E-state index in [2.05, 4.69) is 23.7 Å². The zero-order valence-corrected chi connectivity index (χ0v) is 9.29. The average molecular weight is 195 g/mol. The normalized spacial score (nSPS) is 25.3. The summed E-state index contributed by atoms with van der Waals surface area (Å²) in [5, 5.41) is 0. The predicted octanol–water partition coefficient (Wildman–Crippen LogP) is 1.59. The van der Waals surface area contributed by atoms with Gasteiger partial charge in [0.05, 0.1) is 12.1 Å². The van der Waals surface area contributed by atoms with E-state index in [9.17, 15) is 0 Å². The summed E-state index contributed by atoms with van der Waals surface area (Å²) >= 11 is 0. The molecule has 3 nitrogen and oxygen atoms in total. The van der Waals surface area contributed by atoms with Gasteiger partial charge >= 0.3 is 0 Å². The van der Waals surface area contributed by atoms with E-state index in [-0.39, 0.29) is 5.54 Å². The van der Waals surface area contributed by atoms with E-state index < -0.39 is 0 Å². The molecule has 0 radical (unpaired) electrons. The number of aliphatic imine (C=N–C) groups is 1. The molecule has 0 bridgehead atoms. The Hall–Kier alpha value is -0.730. The Kier molecular flexibility index (Phi) is 2.41. The summed E-state index contributed by atoms with van der Waals surface area (Å²) in [4.78, 5) is 6.78. The fourth-order valence-electron chi connectivity index (χ4n) is 2.34. The Morgan fingerprint density at radius 2 is 2.07 bits per heavy atom. The van der Waals surface area contributed by atoms with Crippen molar-refractivity contribution >= 4 is 5.96 Å². The van der Waals surface area contributed by atoms with Gasteiger partial charge in [0.25, 0.3) is 0 Å². The van der Waals surface area contributed by atoms with Crippen LogP contribution in [0.3, 0.4) is 0 Å². The number of nitrogens with zero attached hydrogens (tertiary/aromatic N) is 2. The first-order valence-electron chi connectivity index (χ1n) is 5.79. The Labute approximate surface area is 86.4 Å². The molecule has 0 unspecified atom stereocenters. The summed E-state index contributed by atoms with van der Waals surface area (Å²) in [7, 11) is 0. The van der Waals surface area contributed by atoms with Crippen LogP contribution in [-0.2, 0) is 0 Å². The van der Waals surface area contributed by atoms with Crippen LogP contribution in [0.1, 0.15) is 39.5 Å². The molecule has 2 rings (SSSR count). The van der Waals surface area contributed by atoms with E-state index in [1.807, 2.05) is 0 Å². The highest BCUT2D eigenvalue weighted by Gasteiger charge is 2.41. The SMILES string of the molecule is CCC1(CC)CN=C(N)N1CC1CC1. The van der Waals surface area contributed by atoms with E-state index in [0.29, 0.717) is 0 Å². The molecule has 0 aromatic heterocycles. The largest absolute Gasteiger partial charge is 0.370 e. The molecule has 1 aliphatic heterocycles. The molecular weight excluding hydrogens is 174 g/mol. The molecule has 0 aromatic carbocycles. The van der Waals surface area contributed by atoms with Gasteiger partial charge in [-0.25, -0.2) is 0 Å². The van der Waals surface area contributed by atoms with Crippen molar-refractivity contribution in [3.8, 4) is 0 Å². The highest BCUT2D eigenvalue weighted by molar-refractivity contribution is 5.81. The average Bonchev–Trinajstić information content (AvgIpc) is 2.96. The second-order valence-electron chi connectivity index (χ2n) is 4.66. The first-order chi connectivity index (χ1) is 6.72. The molecule has 0 aromatic rings. The van der Waals surface area contributed by atoms with Crippen LogP contribution in [0.2, 0.25) is 0 Å². The molecule has 0 saturated heterocycles. The maximum absolute atomic E-state index is 5.96. The van der Waals surface area contributed by atoms with Crippen molar-refractivity contribution in [1.29, 1.82) is 0 Å². The molecule has 3 heteroatoms. The summed E-state index contributed by atoms with van der Waals surface area (Å²) in [5.74, 6) is 1.67. The fraction of sp³-hybridized carbons (Fsp3) is 0.909. The van der Waals surface area contributed by atoms with E-state index in [1.165, 1.54) is 12.8 Å². The molecule has 14 heavy (non-hydrogen) atoms. The molecule has 0 amide bonds. The van der Waals surface area contributed by atoms with Crippen LogP contribution in [0.15, 0.2) is 4.99 Å². The van der Waals surface area contributed by atoms with Crippen molar-refractivity contribution in [2.24, 2.45) is 16.6 Å². The fourth-order valence-corrected chi connectivity index (χ4v) is 2.34. The topological polar surface area (TPSA) is 41.6 Å². The number of hydrogen-bond acceptors (Lipinski definition) is 3. The van der Waals surface area contributed by atoms with Crippen LogP contribution in [0, 0.1) is 5.92 Å². The molecule has 1 aliphatic carbocycles. The van der Waals surface area contributed by atoms with Crippen LogP contribution in [0.25, 0.3) is 0 Å². The lowest BCUT2D eigenvalue weighted by Gasteiger charge is -2.38. The second-order valence-corrected chi connectivity index (χ2v) is 4.66. The summed E-state index contributed by atoms with van der Waals surface area (Å²) in [6.45, 7) is 6.53. The summed E-state index contributed by atoms with van der Waals surface area (Å²) in [6, 6.07) is 0. The summed E-state index contributed by atoms with van der Waals surface area (Å²) in [5.41, 5.74) is 6.20. The van der Waals surface area contributed by atoms with Crippen LogP contribution in [0.5, 0.6) is 0 Å². The third kappa shape index (κ3) is 1.49. The third-order valence-electron chi connectivity index (χ3n) is 3.84. The quantitative estimate of drug-likeness (QED) is 0.740. The van der Waals surface area contributed by atoms with Gasteiger partial charge < -0.3 is 10.6 Å². The van der Waals surface area contributed by atoms with Crippen LogP contribution >= 0.6 is 0 Å². The Morgan fingerprint density at radius 3 is 2.57 bits per heavy atom. The van der Waals surface area contributed by atoms with Crippen molar-refractivity contribution in [2.45, 2.75) is 45.1 Å². The van der Waals surface area contributed by atoms with E-state index in [0.717, 1.165) is 37.8 Å². The van der Waals surface area contributed by atoms with Gasteiger partial charge in [0, 0.05) is 6.54 Å². The predicted molar refractivity (Wildman–Crippen MR) is 59.2 cm³/mol. The Bertz CT molecular complexity index is 239. The molecule has 80 valence electrons.